The van der Waals surface area contributed by atoms with Crippen LogP contribution in [-0.2, 0) is 16.1 Å². The number of carbonyl (C=O) groups is 2. The molecule has 0 aliphatic carbocycles. The van der Waals surface area contributed by atoms with E-state index in [-0.39, 0.29) is 33.7 Å². The van der Waals surface area contributed by atoms with Gasteiger partial charge in [0.15, 0.2) is 17.3 Å². The summed E-state index contributed by atoms with van der Waals surface area (Å²) in [6.45, 7) is 2.50. The Morgan fingerprint density at radius 1 is 1.02 bits per heavy atom. The summed E-state index contributed by atoms with van der Waals surface area (Å²) >= 11 is 11.9. The molecule has 0 radical (unpaired) electrons. The second kappa shape index (κ2) is 13.4. The van der Waals surface area contributed by atoms with Gasteiger partial charge < -0.3 is 20.1 Å². The zero-order valence-corrected chi connectivity index (χ0v) is 25.9. The fourth-order valence-corrected chi connectivity index (χ4v) is 5.84. The Balaban J connectivity index is 1.08. The maximum Gasteiger partial charge on any atom is 0.249 e. The number of methoxy groups -OCH3 is 1. The summed E-state index contributed by atoms with van der Waals surface area (Å²) in [4.78, 5) is 34.5. The molecule has 2 aliphatic heterocycles. The van der Waals surface area contributed by atoms with Gasteiger partial charge in [-0.1, -0.05) is 35.3 Å². The Morgan fingerprint density at radius 3 is 2.53 bits per heavy atom. The molecule has 45 heavy (non-hydrogen) atoms. The minimum absolute atomic E-state index is 0.0266. The van der Waals surface area contributed by atoms with Crippen LogP contribution in [-0.4, -0.2) is 59.0 Å². The zero-order valence-electron chi connectivity index (χ0n) is 24.4. The number of imide groups is 1. The fourth-order valence-electron chi connectivity index (χ4n) is 5.53. The van der Waals surface area contributed by atoms with Crippen LogP contribution in [0.3, 0.4) is 0 Å². The summed E-state index contributed by atoms with van der Waals surface area (Å²) in [6.07, 6.45) is 3.82. The maximum absolute atomic E-state index is 14.8. The van der Waals surface area contributed by atoms with E-state index in [1.54, 1.807) is 13.2 Å². The number of nitrogens with one attached hydrogen (secondary N) is 3. The summed E-state index contributed by atoms with van der Waals surface area (Å²) in [5.74, 6) is 0.293. The number of carbonyl (C=O) groups excluding carboxylic acids is 2. The lowest BCUT2D eigenvalue weighted by atomic mass is 10.0. The molecule has 3 heterocycles. The van der Waals surface area contributed by atoms with E-state index in [1.807, 2.05) is 30.3 Å². The van der Waals surface area contributed by atoms with Gasteiger partial charge in [-0.15, -0.1) is 0 Å². The van der Waals surface area contributed by atoms with Crippen molar-refractivity contribution >= 4 is 63.1 Å². The van der Waals surface area contributed by atoms with E-state index in [9.17, 15) is 14.0 Å². The predicted octanol–water partition coefficient (Wildman–Crippen LogP) is 6.09. The minimum Gasteiger partial charge on any atom is -0.493 e. The van der Waals surface area contributed by atoms with Gasteiger partial charge in [0, 0.05) is 43.2 Å². The molecule has 1 unspecified atom stereocenters. The van der Waals surface area contributed by atoms with E-state index in [0.29, 0.717) is 41.1 Å². The number of halogens is 3. The highest BCUT2D eigenvalue weighted by atomic mass is 35.5. The second-order valence-corrected chi connectivity index (χ2v) is 11.8. The van der Waals surface area contributed by atoms with Gasteiger partial charge in [-0.3, -0.25) is 19.8 Å². The van der Waals surface area contributed by atoms with Gasteiger partial charge >= 0.3 is 0 Å². The standard InChI is InChI=1S/C32H31Cl2FN6O4/c1-44-26-15-25-21(31(37-17-36-25)39-23-7-6-22(33)29(34)30(23)35)14-27(26)45-20-10-12-41(13-11-20)16-18-2-4-19(5-3-18)38-24-8-9-28(42)40-32(24)43/h2-7,14-15,17,20,24,38H,8-13,16H2,1H3,(H,36,37,39)(H,40,42,43). The SMILES string of the molecule is COc1cc2ncnc(Nc3ccc(Cl)c(Cl)c3F)c2cc1OC1CCN(Cc2ccc(NC3CCC(=O)NC3=O)cc2)CC1. The molecule has 3 aromatic carbocycles. The molecule has 234 valence electrons. The highest BCUT2D eigenvalue weighted by Crippen LogP contribution is 2.37. The zero-order chi connectivity index (χ0) is 31.5. The van der Waals surface area contributed by atoms with Crippen LogP contribution in [0.2, 0.25) is 10.0 Å². The quantitative estimate of drug-likeness (QED) is 0.146. The summed E-state index contributed by atoms with van der Waals surface area (Å²) in [5, 5.41) is 9.17. The number of benzene rings is 3. The van der Waals surface area contributed by atoms with E-state index in [4.69, 9.17) is 32.7 Å². The molecular formula is C32H31Cl2FN6O4. The van der Waals surface area contributed by atoms with Gasteiger partial charge in [-0.05, 0) is 55.2 Å². The number of likely N-dealkylation sites (tertiary alicyclic amines) is 1. The van der Waals surface area contributed by atoms with Gasteiger partial charge in [0.25, 0.3) is 0 Å². The van der Waals surface area contributed by atoms with Gasteiger partial charge in [-0.25, -0.2) is 14.4 Å². The van der Waals surface area contributed by atoms with Gasteiger partial charge in [-0.2, -0.15) is 0 Å². The number of fused-ring (bicyclic) bond motifs is 1. The average Bonchev–Trinajstić information content (AvgIpc) is 3.04. The third kappa shape index (κ3) is 7.06. The molecule has 3 N–H and O–H groups in total. The van der Waals surface area contributed by atoms with Crippen molar-refractivity contribution in [2.24, 2.45) is 0 Å². The molecule has 0 bridgehead atoms. The van der Waals surface area contributed by atoms with Crippen LogP contribution < -0.4 is 25.4 Å². The third-order valence-electron chi connectivity index (χ3n) is 7.98. The molecule has 2 saturated heterocycles. The largest absolute Gasteiger partial charge is 0.493 e. The molecule has 1 atom stereocenters. The summed E-state index contributed by atoms with van der Waals surface area (Å²) < 4.78 is 26.8. The first-order chi connectivity index (χ1) is 21.8. The Labute approximate surface area is 269 Å². The second-order valence-electron chi connectivity index (χ2n) is 11.0. The number of rotatable bonds is 9. The topological polar surface area (TPSA) is 118 Å². The minimum atomic E-state index is -0.674. The highest BCUT2D eigenvalue weighted by molar-refractivity contribution is 6.42. The lowest BCUT2D eigenvalue weighted by molar-refractivity contribution is -0.133. The first kappa shape index (κ1) is 30.8. The van der Waals surface area contributed by atoms with E-state index in [2.05, 4.69) is 30.8 Å². The molecule has 2 aliphatic rings. The van der Waals surface area contributed by atoms with E-state index in [0.717, 1.165) is 43.7 Å². The summed E-state index contributed by atoms with van der Waals surface area (Å²) in [5.41, 5.74) is 2.74. The van der Waals surface area contributed by atoms with E-state index < -0.39 is 11.9 Å². The molecule has 2 amide bonds. The first-order valence-electron chi connectivity index (χ1n) is 14.6. The Kier molecular flexibility index (Phi) is 9.20. The van der Waals surface area contributed by atoms with Crippen molar-refractivity contribution in [3.8, 4) is 11.5 Å². The Morgan fingerprint density at radius 2 is 1.80 bits per heavy atom. The molecule has 1 aromatic heterocycles. The Bertz CT molecular complexity index is 1730. The lowest BCUT2D eigenvalue weighted by Gasteiger charge is -2.32. The number of hydrogen-bond acceptors (Lipinski definition) is 9. The average molecular weight is 654 g/mol. The lowest BCUT2D eigenvalue weighted by Crippen LogP contribution is -2.47. The van der Waals surface area contributed by atoms with Crippen molar-refractivity contribution in [3.05, 3.63) is 76.3 Å². The fraction of sp³-hybridized carbons (Fsp3) is 0.312. The number of hydrogen-bond donors (Lipinski definition) is 3. The normalized spacial score (nSPS) is 17.6. The smallest absolute Gasteiger partial charge is 0.249 e. The molecule has 6 rings (SSSR count). The van der Waals surface area contributed by atoms with Crippen LogP contribution in [0.25, 0.3) is 10.9 Å². The van der Waals surface area contributed by atoms with Crippen LogP contribution >= 0.6 is 23.2 Å². The van der Waals surface area contributed by atoms with E-state index in [1.165, 1.54) is 18.5 Å². The molecule has 2 fully saturated rings. The number of piperidine rings is 2. The number of anilines is 3. The van der Waals surface area contributed by atoms with Crippen LogP contribution in [0.1, 0.15) is 31.2 Å². The number of nitrogens with zero attached hydrogens (tertiary/aromatic N) is 3. The monoisotopic (exact) mass is 652 g/mol. The summed E-state index contributed by atoms with van der Waals surface area (Å²) in [7, 11) is 1.58. The molecule has 0 spiro atoms. The highest BCUT2D eigenvalue weighted by Gasteiger charge is 2.26. The number of amides is 2. The molecule has 0 saturated carbocycles. The first-order valence-corrected chi connectivity index (χ1v) is 15.3. The molecule has 4 aromatic rings. The van der Waals surface area contributed by atoms with E-state index >= 15 is 0 Å². The van der Waals surface area contributed by atoms with Crippen LogP contribution in [0.5, 0.6) is 11.5 Å². The van der Waals surface area contributed by atoms with Gasteiger partial charge in [0.1, 0.15) is 24.3 Å². The maximum atomic E-state index is 14.8. The number of aromatic nitrogens is 2. The van der Waals surface area contributed by atoms with Crippen molar-refractivity contribution in [2.45, 2.75) is 44.4 Å². The van der Waals surface area contributed by atoms with Crippen molar-refractivity contribution < 1.29 is 23.5 Å². The van der Waals surface area contributed by atoms with Crippen molar-refractivity contribution in [2.75, 3.05) is 30.8 Å². The molecule has 10 nitrogen and oxygen atoms in total. The van der Waals surface area contributed by atoms with Crippen LogP contribution in [0, 0.1) is 5.82 Å². The van der Waals surface area contributed by atoms with Crippen molar-refractivity contribution in [3.63, 3.8) is 0 Å². The van der Waals surface area contributed by atoms with Crippen molar-refractivity contribution in [1.29, 1.82) is 0 Å². The molecule has 13 heteroatoms. The predicted molar refractivity (Wildman–Crippen MR) is 171 cm³/mol. The number of ether oxygens (including phenoxy) is 2. The Hall–Kier alpha value is -4.19. The van der Waals surface area contributed by atoms with Crippen LogP contribution in [0.4, 0.5) is 21.6 Å². The third-order valence-corrected chi connectivity index (χ3v) is 8.76. The van der Waals surface area contributed by atoms with Crippen molar-refractivity contribution in [1.82, 2.24) is 20.2 Å². The van der Waals surface area contributed by atoms with Gasteiger partial charge in [0.2, 0.25) is 11.8 Å². The molecular weight excluding hydrogens is 622 g/mol. The van der Waals surface area contributed by atoms with Crippen LogP contribution in [0.15, 0.2) is 54.9 Å². The summed E-state index contributed by atoms with van der Waals surface area (Å²) in [6, 6.07) is 14.2. The van der Waals surface area contributed by atoms with Gasteiger partial charge in [0.05, 0.1) is 28.4 Å².